The zero-order chi connectivity index (χ0) is 16.5. The third-order valence-corrected chi connectivity index (χ3v) is 3.24. The zero-order valence-electron chi connectivity index (χ0n) is 13.0. The quantitative estimate of drug-likeness (QED) is 0.537. The number of amides is 1. The first-order valence-electron chi connectivity index (χ1n) is 7.45. The molecule has 0 radical (unpaired) electrons. The van der Waals surface area contributed by atoms with Crippen LogP contribution in [0.5, 0.6) is 5.75 Å². The summed E-state index contributed by atoms with van der Waals surface area (Å²) in [5, 5.41) is 13.9. The topological polar surface area (TPSA) is 107 Å². The Bertz CT molecular complexity index is 520. The molecule has 0 aliphatic rings. The molecule has 0 heterocycles. The normalized spacial score (nSPS) is 11.8. The van der Waals surface area contributed by atoms with Crippen LogP contribution in [0.25, 0.3) is 0 Å². The van der Waals surface area contributed by atoms with Crippen LogP contribution in [0.4, 0.5) is 5.69 Å². The van der Waals surface area contributed by atoms with E-state index in [2.05, 4.69) is 12.2 Å². The Morgan fingerprint density at radius 2 is 2.18 bits per heavy atom. The van der Waals surface area contributed by atoms with E-state index < -0.39 is 4.92 Å². The van der Waals surface area contributed by atoms with Gasteiger partial charge in [0.05, 0.1) is 11.5 Å². The average molecular weight is 309 g/mol. The van der Waals surface area contributed by atoms with E-state index in [0.29, 0.717) is 13.2 Å². The molecule has 0 spiro atoms. The molecule has 0 saturated heterocycles. The number of hydrogen-bond acceptors (Lipinski definition) is 5. The summed E-state index contributed by atoms with van der Waals surface area (Å²) in [7, 11) is 0. The highest BCUT2D eigenvalue weighted by Gasteiger charge is 2.19. The molecule has 122 valence electrons. The third kappa shape index (κ3) is 5.00. The van der Waals surface area contributed by atoms with E-state index in [1.165, 1.54) is 18.2 Å². The second-order valence-electron chi connectivity index (χ2n) is 4.92. The number of nitrogens with zero attached hydrogens (tertiary/aromatic N) is 1. The van der Waals surface area contributed by atoms with Gasteiger partial charge in [0.1, 0.15) is 0 Å². The van der Waals surface area contributed by atoms with Crippen molar-refractivity contribution in [2.24, 2.45) is 5.73 Å². The molecule has 1 aromatic rings. The second kappa shape index (κ2) is 8.99. The van der Waals surface area contributed by atoms with Crippen molar-refractivity contribution in [1.82, 2.24) is 5.32 Å². The van der Waals surface area contributed by atoms with Crippen molar-refractivity contribution < 1.29 is 14.5 Å². The molecule has 0 saturated carbocycles. The van der Waals surface area contributed by atoms with Gasteiger partial charge in [0.2, 0.25) is 0 Å². The number of carbonyl (C=O) groups excluding carboxylic acids is 1. The summed E-state index contributed by atoms with van der Waals surface area (Å²) in [4.78, 5) is 22.7. The fourth-order valence-electron chi connectivity index (χ4n) is 2.05. The summed E-state index contributed by atoms with van der Waals surface area (Å²) in [5.41, 5.74) is 5.65. The Kier molecular flexibility index (Phi) is 7.31. The predicted molar refractivity (Wildman–Crippen MR) is 84.1 cm³/mol. The number of nitrogens with two attached hydrogens (primary N) is 1. The van der Waals surface area contributed by atoms with Gasteiger partial charge in [-0.25, -0.2) is 0 Å². The molecule has 1 amide bonds. The number of benzene rings is 1. The smallest absolute Gasteiger partial charge is 0.311 e. The van der Waals surface area contributed by atoms with Gasteiger partial charge in [0, 0.05) is 24.2 Å². The first-order chi connectivity index (χ1) is 10.5. The minimum Gasteiger partial charge on any atom is -0.487 e. The fourth-order valence-corrected chi connectivity index (χ4v) is 2.05. The van der Waals surface area contributed by atoms with Crippen molar-refractivity contribution in [2.75, 3.05) is 13.2 Å². The Morgan fingerprint density at radius 3 is 2.73 bits per heavy atom. The van der Waals surface area contributed by atoms with Crippen LogP contribution in [0, 0.1) is 10.1 Å². The Hall–Kier alpha value is -2.15. The molecule has 22 heavy (non-hydrogen) atoms. The lowest BCUT2D eigenvalue weighted by Crippen LogP contribution is -2.40. The highest BCUT2D eigenvalue weighted by molar-refractivity contribution is 5.95. The van der Waals surface area contributed by atoms with Gasteiger partial charge in [-0.05, 0) is 25.5 Å². The van der Waals surface area contributed by atoms with E-state index in [-0.39, 0.29) is 28.9 Å². The molecular formula is C15H23N3O4. The van der Waals surface area contributed by atoms with Gasteiger partial charge in [0.15, 0.2) is 5.75 Å². The number of nitro benzene ring substituents is 1. The van der Waals surface area contributed by atoms with Gasteiger partial charge in [-0.2, -0.15) is 0 Å². The highest BCUT2D eigenvalue weighted by atomic mass is 16.6. The fraction of sp³-hybridized carbons (Fsp3) is 0.533. The third-order valence-electron chi connectivity index (χ3n) is 3.24. The van der Waals surface area contributed by atoms with Crippen LogP contribution in [-0.4, -0.2) is 30.0 Å². The zero-order valence-corrected chi connectivity index (χ0v) is 13.0. The van der Waals surface area contributed by atoms with Crippen LogP contribution in [-0.2, 0) is 0 Å². The van der Waals surface area contributed by atoms with Gasteiger partial charge in [0.25, 0.3) is 5.91 Å². The van der Waals surface area contributed by atoms with E-state index >= 15 is 0 Å². The Morgan fingerprint density at radius 1 is 1.45 bits per heavy atom. The summed E-state index contributed by atoms with van der Waals surface area (Å²) >= 11 is 0. The molecule has 1 rings (SSSR count). The van der Waals surface area contributed by atoms with Crippen LogP contribution in [0.3, 0.4) is 0 Å². The number of rotatable bonds is 9. The van der Waals surface area contributed by atoms with E-state index in [1.807, 2.05) is 0 Å². The molecular weight excluding hydrogens is 286 g/mol. The monoisotopic (exact) mass is 309 g/mol. The van der Waals surface area contributed by atoms with Gasteiger partial charge in [-0.1, -0.05) is 19.8 Å². The number of nitro groups is 1. The maximum absolute atomic E-state index is 12.2. The van der Waals surface area contributed by atoms with Crippen LogP contribution in [0.2, 0.25) is 0 Å². The molecule has 0 bridgehead atoms. The molecule has 7 nitrogen and oxygen atoms in total. The van der Waals surface area contributed by atoms with Gasteiger partial charge >= 0.3 is 5.69 Å². The number of nitrogens with one attached hydrogen (secondary N) is 1. The lowest BCUT2D eigenvalue weighted by Gasteiger charge is -2.16. The molecule has 3 N–H and O–H groups in total. The van der Waals surface area contributed by atoms with E-state index in [9.17, 15) is 14.9 Å². The number of carbonyl (C=O) groups is 1. The van der Waals surface area contributed by atoms with E-state index in [1.54, 1.807) is 6.92 Å². The predicted octanol–water partition coefficient (Wildman–Crippen LogP) is 2.24. The summed E-state index contributed by atoms with van der Waals surface area (Å²) in [6.45, 7) is 4.46. The van der Waals surface area contributed by atoms with Crippen LogP contribution >= 0.6 is 0 Å². The van der Waals surface area contributed by atoms with Crippen molar-refractivity contribution in [3.63, 3.8) is 0 Å². The molecule has 1 aromatic carbocycles. The molecule has 1 atom stereocenters. The van der Waals surface area contributed by atoms with Gasteiger partial charge < -0.3 is 15.8 Å². The lowest BCUT2D eigenvalue weighted by atomic mass is 10.1. The largest absolute Gasteiger partial charge is 0.487 e. The van der Waals surface area contributed by atoms with Crippen molar-refractivity contribution >= 4 is 11.6 Å². The molecule has 0 fully saturated rings. The number of hydrogen-bond donors (Lipinski definition) is 2. The highest BCUT2D eigenvalue weighted by Crippen LogP contribution is 2.28. The van der Waals surface area contributed by atoms with Crippen LogP contribution in [0.15, 0.2) is 18.2 Å². The number of ether oxygens (including phenoxy) is 1. The molecule has 0 aliphatic carbocycles. The maximum Gasteiger partial charge on any atom is 0.311 e. The van der Waals surface area contributed by atoms with Crippen LogP contribution < -0.4 is 15.8 Å². The first kappa shape index (κ1) is 17.9. The molecule has 0 aromatic heterocycles. The molecule has 7 heteroatoms. The molecule has 0 aliphatic heterocycles. The Labute approximate surface area is 130 Å². The van der Waals surface area contributed by atoms with Gasteiger partial charge in [-0.3, -0.25) is 14.9 Å². The minimum absolute atomic E-state index is 0.127. The summed E-state index contributed by atoms with van der Waals surface area (Å²) < 4.78 is 5.20. The van der Waals surface area contributed by atoms with Crippen LogP contribution in [0.1, 0.15) is 43.5 Å². The standard InChI is InChI=1S/C15H23N3O4/c1-3-5-6-12(10-16)17-15(19)11-7-8-14(22-4-2)13(9-11)18(20)21/h7-9,12H,3-6,10,16H2,1-2H3,(H,17,19). The van der Waals surface area contributed by atoms with Gasteiger partial charge in [-0.15, -0.1) is 0 Å². The lowest BCUT2D eigenvalue weighted by molar-refractivity contribution is -0.385. The average Bonchev–Trinajstić information content (AvgIpc) is 2.51. The maximum atomic E-state index is 12.2. The summed E-state index contributed by atoms with van der Waals surface area (Å²) in [6, 6.07) is 4.06. The van der Waals surface area contributed by atoms with Crippen molar-refractivity contribution in [3.8, 4) is 5.75 Å². The van der Waals surface area contributed by atoms with Crippen molar-refractivity contribution in [2.45, 2.75) is 39.2 Å². The van der Waals surface area contributed by atoms with E-state index in [4.69, 9.17) is 10.5 Å². The Balaban J connectivity index is 2.89. The SMILES string of the molecule is CCCCC(CN)NC(=O)c1ccc(OCC)c([N+](=O)[O-])c1. The van der Waals surface area contributed by atoms with E-state index in [0.717, 1.165) is 19.3 Å². The summed E-state index contributed by atoms with van der Waals surface area (Å²) in [6.07, 6.45) is 2.77. The van der Waals surface area contributed by atoms with Crippen molar-refractivity contribution in [3.05, 3.63) is 33.9 Å². The molecule has 1 unspecified atom stereocenters. The second-order valence-corrected chi connectivity index (χ2v) is 4.92. The summed E-state index contributed by atoms with van der Waals surface area (Å²) in [5.74, 6) is -0.205. The van der Waals surface area contributed by atoms with Crippen molar-refractivity contribution in [1.29, 1.82) is 0 Å². The first-order valence-corrected chi connectivity index (χ1v) is 7.45. The minimum atomic E-state index is -0.556. The number of unbranched alkanes of at least 4 members (excludes halogenated alkanes) is 1.